The number of nitrogens with one attached hydrogen (secondary N) is 2. The van der Waals surface area contributed by atoms with Crippen molar-refractivity contribution >= 4 is 22.8 Å². The minimum absolute atomic E-state index is 0.0224. The van der Waals surface area contributed by atoms with Gasteiger partial charge in [-0.15, -0.1) is 0 Å². The van der Waals surface area contributed by atoms with E-state index in [1.54, 1.807) is 23.0 Å². The third-order valence-corrected chi connectivity index (χ3v) is 3.30. The summed E-state index contributed by atoms with van der Waals surface area (Å²) >= 11 is 0. The molecule has 0 saturated carbocycles. The van der Waals surface area contributed by atoms with Crippen molar-refractivity contribution in [3.05, 3.63) is 36.2 Å². The van der Waals surface area contributed by atoms with Gasteiger partial charge in [-0.25, -0.2) is 4.98 Å². The van der Waals surface area contributed by atoms with Gasteiger partial charge < -0.3 is 15.0 Å². The van der Waals surface area contributed by atoms with Gasteiger partial charge in [-0.2, -0.15) is 5.10 Å². The number of aryl methyl sites for hydroxylation is 1. The molecule has 0 aromatic carbocycles. The summed E-state index contributed by atoms with van der Waals surface area (Å²) < 4.78 is 7.34. The highest BCUT2D eigenvalue weighted by Gasteiger charge is 2.15. The quantitative estimate of drug-likeness (QED) is 0.758. The highest BCUT2D eigenvalue weighted by molar-refractivity contribution is 6.11. The molecule has 7 heteroatoms. The summed E-state index contributed by atoms with van der Waals surface area (Å²) in [6, 6.07) is 5.39. The Bertz CT molecular complexity index is 834. The van der Waals surface area contributed by atoms with E-state index in [0.29, 0.717) is 22.8 Å². The number of hydrogen-bond donors (Lipinski definition) is 2. The van der Waals surface area contributed by atoms with Gasteiger partial charge in [0.1, 0.15) is 5.52 Å². The molecule has 0 unspecified atom stereocenters. The first-order chi connectivity index (χ1) is 11.1. The molecule has 0 spiro atoms. The maximum atomic E-state index is 12.5. The lowest BCUT2D eigenvalue weighted by Gasteiger charge is -2.08. The van der Waals surface area contributed by atoms with E-state index in [4.69, 9.17) is 4.74 Å². The maximum absolute atomic E-state index is 12.5. The molecule has 0 radical (unpaired) electrons. The molecule has 0 aliphatic rings. The minimum atomic E-state index is -0.258. The number of aromatic nitrogens is 4. The smallest absolute Gasteiger partial charge is 0.260 e. The fourth-order valence-electron chi connectivity index (χ4n) is 2.25. The minimum Gasteiger partial charge on any atom is -0.475 e. The SMILES string of the molecule is CCn1ccc(NC(=O)c2c[nH]c3ccc(OC(C)C)nc23)n1. The number of rotatable bonds is 5. The standard InChI is InChI=1S/C16H19N5O2/c1-4-21-8-7-13(20-21)18-16(22)11-9-17-12-5-6-14(19-15(11)12)23-10(2)3/h5-10,17H,4H2,1-3H3,(H,18,20,22). The van der Waals surface area contributed by atoms with E-state index < -0.39 is 0 Å². The van der Waals surface area contributed by atoms with Gasteiger partial charge in [0, 0.05) is 31.1 Å². The number of aromatic amines is 1. The lowest BCUT2D eigenvalue weighted by molar-refractivity contribution is 0.102. The molecule has 120 valence electrons. The zero-order valence-corrected chi connectivity index (χ0v) is 13.3. The number of anilines is 1. The van der Waals surface area contributed by atoms with E-state index in [1.807, 2.05) is 33.0 Å². The Kier molecular flexibility index (Phi) is 4.01. The molecule has 3 aromatic heterocycles. The number of pyridine rings is 1. The molecule has 0 fully saturated rings. The number of H-pyrrole nitrogens is 1. The van der Waals surface area contributed by atoms with Crippen molar-refractivity contribution in [3.63, 3.8) is 0 Å². The fourth-order valence-corrected chi connectivity index (χ4v) is 2.25. The number of amides is 1. The van der Waals surface area contributed by atoms with Crippen LogP contribution in [-0.4, -0.2) is 31.8 Å². The summed E-state index contributed by atoms with van der Waals surface area (Å²) in [5.41, 5.74) is 1.82. The predicted molar refractivity (Wildman–Crippen MR) is 87.7 cm³/mol. The summed E-state index contributed by atoms with van der Waals surface area (Å²) in [7, 11) is 0. The van der Waals surface area contributed by atoms with Crippen LogP contribution in [0, 0.1) is 0 Å². The molecular formula is C16H19N5O2. The number of ether oxygens (including phenoxy) is 1. The van der Waals surface area contributed by atoms with Gasteiger partial charge in [-0.3, -0.25) is 9.48 Å². The molecular weight excluding hydrogens is 294 g/mol. The Labute approximate surface area is 133 Å². The normalized spacial score (nSPS) is 11.1. The van der Waals surface area contributed by atoms with Crippen molar-refractivity contribution < 1.29 is 9.53 Å². The molecule has 3 rings (SSSR count). The molecule has 0 bridgehead atoms. The Morgan fingerprint density at radius 2 is 2.22 bits per heavy atom. The van der Waals surface area contributed by atoms with Crippen LogP contribution in [0.5, 0.6) is 5.88 Å². The monoisotopic (exact) mass is 313 g/mol. The number of carbonyl (C=O) groups is 1. The van der Waals surface area contributed by atoms with Crippen LogP contribution < -0.4 is 10.1 Å². The maximum Gasteiger partial charge on any atom is 0.260 e. The summed E-state index contributed by atoms with van der Waals surface area (Å²) in [4.78, 5) is 19.9. The molecule has 0 atom stereocenters. The number of fused-ring (bicyclic) bond motifs is 1. The van der Waals surface area contributed by atoms with E-state index >= 15 is 0 Å². The lowest BCUT2D eigenvalue weighted by Crippen LogP contribution is -2.13. The predicted octanol–water partition coefficient (Wildman–Crippen LogP) is 2.82. The summed E-state index contributed by atoms with van der Waals surface area (Å²) in [6.07, 6.45) is 3.48. The highest BCUT2D eigenvalue weighted by atomic mass is 16.5. The van der Waals surface area contributed by atoms with Gasteiger partial charge in [0.2, 0.25) is 5.88 Å². The van der Waals surface area contributed by atoms with Crippen molar-refractivity contribution in [2.75, 3.05) is 5.32 Å². The van der Waals surface area contributed by atoms with Crippen LogP contribution in [0.4, 0.5) is 5.82 Å². The van der Waals surface area contributed by atoms with E-state index in [9.17, 15) is 4.79 Å². The fraction of sp³-hybridized carbons (Fsp3) is 0.312. The third kappa shape index (κ3) is 3.18. The number of hydrogen-bond acceptors (Lipinski definition) is 4. The summed E-state index contributed by atoms with van der Waals surface area (Å²) in [6.45, 7) is 6.60. The van der Waals surface area contributed by atoms with E-state index in [2.05, 4.69) is 20.4 Å². The molecule has 0 aliphatic carbocycles. The van der Waals surface area contributed by atoms with Crippen LogP contribution in [0.2, 0.25) is 0 Å². The zero-order chi connectivity index (χ0) is 16.4. The molecule has 1 amide bonds. The van der Waals surface area contributed by atoms with E-state index in [0.717, 1.165) is 12.1 Å². The van der Waals surface area contributed by atoms with Crippen molar-refractivity contribution in [2.45, 2.75) is 33.4 Å². The Morgan fingerprint density at radius 1 is 1.39 bits per heavy atom. The van der Waals surface area contributed by atoms with Gasteiger partial charge in [0.25, 0.3) is 5.91 Å². The zero-order valence-electron chi connectivity index (χ0n) is 13.3. The van der Waals surface area contributed by atoms with Crippen LogP contribution in [0.15, 0.2) is 30.6 Å². The van der Waals surface area contributed by atoms with Crippen molar-refractivity contribution in [3.8, 4) is 5.88 Å². The van der Waals surface area contributed by atoms with Crippen molar-refractivity contribution in [2.24, 2.45) is 0 Å². The largest absolute Gasteiger partial charge is 0.475 e. The number of carbonyl (C=O) groups excluding carboxylic acids is 1. The topological polar surface area (TPSA) is 84.8 Å². The van der Waals surface area contributed by atoms with Crippen molar-refractivity contribution in [1.82, 2.24) is 19.7 Å². The Morgan fingerprint density at radius 3 is 2.91 bits per heavy atom. The summed E-state index contributed by atoms with van der Waals surface area (Å²) in [5.74, 6) is 0.754. The van der Waals surface area contributed by atoms with Gasteiger partial charge >= 0.3 is 0 Å². The van der Waals surface area contributed by atoms with Crippen LogP contribution in [-0.2, 0) is 6.54 Å². The van der Waals surface area contributed by atoms with Gasteiger partial charge in [-0.1, -0.05) is 0 Å². The second-order valence-electron chi connectivity index (χ2n) is 5.43. The number of nitrogens with zero attached hydrogens (tertiary/aromatic N) is 3. The van der Waals surface area contributed by atoms with Crippen molar-refractivity contribution in [1.29, 1.82) is 0 Å². The Balaban J connectivity index is 1.87. The first-order valence-corrected chi connectivity index (χ1v) is 7.56. The van der Waals surface area contributed by atoms with Crippen LogP contribution >= 0.6 is 0 Å². The first-order valence-electron chi connectivity index (χ1n) is 7.56. The third-order valence-electron chi connectivity index (χ3n) is 3.30. The molecule has 7 nitrogen and oxygen atoms in total. The molecule has 23 heavy (non-hydrogen) atoms. The second kappa shape index (κ2) is 6.12. The van der Waals surface area contributed by atoms with Crippen LogP contribution in [0.1, 0.15) is 31.1 Å². The summed E-state index contributed by atoms with van der Waals surface area (Å²) in [5, 5.41) is 7.02. The average Bonchev–Trinajstić information content (AvgIpc) is 3.12. The molecule has 3 heterocycles. The highest BCUT2D eigenvalue weighted by Crippen LogP contribution is 2.21. The Hall–Kier alpha value is -2.83. The second-order valence-corrected chi connectivity index (χ2v) is 5.43. The molecule has 3 aromatic rings. The van der Waals surface area contributed by atoms with Gasteiger partial charge in [0.15, 0.2) is 5.82 Å². The van der Waals surface area contributed by atoms with Crippen LogP contribution in [0.3, 0.4) is 0 Å². The molecule has 2 N–H and O–H groups in total. The van der Waals surface area contributed by atoms with E-state index in [-0.39, 0.29) is 12.0 Å². The van der Waals surface area contributed by atoms with Gasteiger partial charge in [0.05, 0.1) is 17.2 Å². The molecule has 0 aliphatic heterocycles. The van der Waals surface area contributed by atoms with Crippen LogP contribution in [0.25, 0.3) is 11.0 Å². The first kappa shape index (κ1) is 15.1. The lowest BCUT2D eigenvalue weighted by atomic mass is 10.2. The average molecular weight is 313 g/mol. The van der Waals surface area contributed by atoms with E-state index in [1.165, 1.54) is 0 Å². The van der Waals surface area contributed by atoms with Gasteiger partial charge in [-0.05, 0) is 26.8 Å². The molecule has 0 saturated heterocycles.